The summed E-state index contributed by atoms with van der Waals surface area (Å²) in [6.07, 6.45) is 2.28. The van der Waals surface area contributed by atoms with Gasteiger partial charge in [-0.1, -0.05) is 0 Å². The number of morpholine rings is 1. The van der Waals surface area contributed by atoms with E-state index in [0.717, 1.165) is 0 Å². The van der Waals surface area contributed by atoms with E-state index in [1.807, 2.05) is 14.1 Å². The number of sulfonamides is 1. The molecule has 1 fully saturated rings. The van der Waals surface area contributed by atoms with Crippen LogP contribution in [0.5, 0.6) is 0 Å². The predicted molar refractivity (Wildman–Crippen MR) is 89.6 cm³/mol. The van der Waals surface area contributed by atoms with Crippen molar-refractivity contribution < 1.29 is 17.9 Å². The number of nitrogens with zero attached hydrogens (tertiary/aromatic N) is 4. The second kappa shape index (κ2) is 7.41. The monoisotopic (exact) mass is 357 g/mol. The largest absolute Gasteiger partial charge is 0.374 e. The molecule has 9 nitrogen and oxygen atoms in total. The highest BCUT2D eigenvalue weighted by Gasteiger charge is 2.27. The van der Waals surface area contributed by atoms with Crippen molar-refractivity contribution in [3.63, 3.8) is 0 Å². The summed E-state index contributed by atoms with van der Waals surface area (Å²) in [5, 5.41) is 2.75. The molecule has 0 aliphatic carbocycles. The van der Waals surface area contributed by atoms with E-state index in [1.54, 1.807) is 11.8 Å². The predicted octanol–water partition coefficient (Wildman–Crippen LogP) is -0.759. The van der Waals surface area contributed by atoms with Gasteiger partial charge in [0.25, 0.3) is 5.91 Å². The van der Waals surface area contributed by atoms with E-state index < -0.39 is 10.0 Å². The summed E-state index contributed by atoms with van der Waals surface area (Å²) in [4.78, 5) is 22.4. The minimum Gasteiger partial charge on any atom is -0.374 e. The Labute approximate surface area is 142 Å². The Bertz CT molecular complexity index is 707. The number of hydrogen-bond donors (Lipinski definition) is 1. The number of ether oxygens (including phenoxy) is 1. The summed E-state index contributed by atoms with van der Waals surface area (Å²) in [6, 6.07) is 0. The van der Waals surface area contributed by atoms with E-state index >= 15 is 0 Å². The second-order valence-corrected chi connectivity index (χ2v) is 7.87. The van der Waals surface area contributed by atoms with Gasteiger partial charge in [-0.25, -0.2) is 18.4 Å². The third-order valence-corrected chi connectivity index (χ3v) is 4.94. The van der Waals surface area contributed by atoms with E-state index in [0.29, 0.717) is 30.4 Å². The van der Waals surface area contributed by atoms with Crippen LogP contribution in [0.25, 0.3) is 0 Å². The van der Waals surface area contributed by atoms with Crippen molar-refractivity contribution in [3.8, 4) is 0 Å². The van der Waals surface area contributed by atoms with Gasteiger partial charge >= 0.3 is 0 Å². The summed E-state index contributed by atoms with van der Waals surface area (Å²) in [5.74, 6) is 0.223. The van der Waals surface area contributed by atoms with Gasteiger partial charge in [-0.3, -0.25) is 4.79 Å². The molecular weight excluding hydrogens is 334 g/mol. The molecule has 0 spiro atoms. The Hall–Kier alpha value is -1.78. The molecule has 0 unspecified atom stereocenters. The number of nitrogens with one attached hydrogen (secondary N) is 1. The van der Waals surface area contributed by atoms with Gasteiger partial charge in [0.05, 0.1) is 30.2 Å². The topological polar surface area (TPSA) is 105 Å². The van der Waals surface area contributed by atoms with E-state index in [4.69, 9.17) is 4.74 Å². The van der Waals surface area contributed by atoms with E-state index in [-0.39, 0.29) is 25.1 Å². The molecule has 0 radical (unpaired) electrons. The first kappa shape index (κ1) is 18.6. The molecule has 0 aromatic carbocycles. The Morgan fingerprint density at radius 2 is 2.21 bits per heavy atom. The molecule has 0 saturated carbocycles. The first-order valence-electron chi connectivity index (χ1n) is 7.54. The molecule has 1 aliphatic rings. The molecule has 1 N–H and O–H groups in total. The van der Waals surface area contributed by atoms with Crippen LogP contribution in [0, 0.1) is 6.92 Å². The second-order valence-electron chi connectivity index (χ2n) is 5.89. The van der Waals surface area contributed by atoms with Gasteiger partial charge < -0.3 is 15.0 Å². The zero-order valence-corrected chi connectivity index (χ0v) is 15.1. The zero-order chi connectivity index (χ0) is 17.9. The van der Waals surface area contributed by atoms with Crippen molar-refractivity contribution in [2.75, 3.05) is 51.5 Å². The molecule has 2 rings (SSSR count). The zero-order valence-electron chi connectivity index (χ0n) is 14.3. The molecule has 134 valence electrons. The highest BCUT2D eigenvalue weighted by atomic mass is 32.2. The standard InChI is InChI=1S/C14H23N5O4S/c1-10-12(8-16-14(17-10)18(2)3)13(20)15-7-11-9-19(5-6-23-11)24(4,21)22/h8,11H,5-7,9H2,1-4H3,(H,15,20)/t11-/m1/s1. The summed E-state index contributed by atoms with van der Waals surface area (Å²) in [5.41, 5.74) is 0.963. The first-order valence-corrected chi connectivity index (χ1v) is 9.39. The fraction of sp³-hybridized carbons (Fsp3) is 0.643. The quantitative estimate of drug-likeness (QED) is 0.738. The lowest BCUT2D eigenvalue weighted by molar-refractivity contribution is 0.000430. The molecule has 1 aromatic heterocycles. The minimum atomic E-state index is -3.25. The summed E-state index contributed by atoms with van der Waals surface area (Å²) in [7, 11) is 0.391. The SMILES string of the molecule is Cc1nc(N(C)C)ncc1C(=O)NC[C@@H]1CN(S(C)(=O)=O)CCO1. The third kappa shape index (κ3) is 4.62. The van der Waals surface area contributed by atoms with Crippen LogP contribution in [0.15, 0.2) is 6.20 Å². The molecule has 1 aliphatic heterocycles. The number of carbonyl (C=O) groups excluding carboxylic acids is 1. The van der Waals surface area contributed by atoms with Gasteiger partial charge in [0.1, 0.15) is 0 Å². The molecule has 10 heteroatoms. The van der Waals surface area contributed by atoms with Crippen LogP contribution in [-0.4, -0.2) is 81.3 Å². The Morgan fingerprint density at radius 3 is 2.79 bits per heavy atom. The van der Waals surface area contributed by atoms with Crippen LogP contribution in [-0.2, 0) is 14.8 Å². The molecular formula is C14H23N5O4S. The molecule has 1 atom stereocenters. The van der Waals surface area contributed by atoms with Crippen LogP contribution in [0.4, 0.5) is 5.95 Å². The third-order valence-electron chi connectivity index (χ3n) is 3.67. The van der Waals surface area contributed by atoms with Gasteiger partial charge in [-0.15, -0.1) is 0 Å². The fourth-order valence-electron chi connectivity index (χ4n) is 2.31. The minimum absolute atomic E-state index is 0.222. The average molecular weight is 357 g/mol. The molecule has 24 heavy (non-hydrogen) atoms. The van der Waals surface area contributed by atoms with E-state index in [1.165, 1.54) is 16.8 Å². The molecule has 2 heterocycles. The van der Waals surface area contributed by atoms with Gasteiger partial charge in [0.15, 0.2) is 0 Å². The highest BCUT2D eigenvalue weighted by Crippen LogP contribution is 2.11. The maximum absolute atomic E-state index is 12.3. The maximum Gasteiger partial charge on any atom is 0.254 e. The van der Waals surface area contributed by atoms with Gasteiger partial charge in [0, 0.05) is 39.9 Å². The van der Waals surface area contributed by atoms with E-state index in [9.17, 15) is 13.2 Å². The van der Waals surface area contributed by atoms with Crippen molar-refractivity contribution in [2.24, 2.45) is 0 Å². The summed E-state index contributed by atoms with van der Waals surface area (Å²) >= 11 is 0. The average Bonchev–Trinajstić information content (AvgIpc) is 2.52. The molecule has 1 aromatic rings. The van der Waals surface area contributed by atoms with Crippen molar-refractivity contribution >= 4 is 21.9 Å². The number of anilines is 1. The Morgan fingerprint density at radius 1 is 1.50 bits per heavy atom. The summed E-state index contributed by atoms with van der Waals surface area (Å²) in [6.45, 7) is 2.84. The number of aromatic nitrogens is 2. The fourth-order valence-corrected chi connectivity index (χ4v) is 3.16. The van der Waals surface area contributed by atoms with Crippen LogP contribution >= 0.6 is 0 Å². The van der Waals surface area contributed by atoms with Gasteiger partial charge in [0.2, 0.25) is 16.0 Å². The summed E-state index contributed by atoms with van der Waals surface area (Å²) < 4.78 is 30.0. The van der Waals surface area contributed by atoms with Crippen molar-refractivity contribution in [2.45, 2.75) is 13.0 Å². The van der Waals surface area contributed by atoms with Gasteiger partial charge in [-0.05, 0) is 6.92 Å². The Balaban J connectivity index is 1.96. The lowest BCUT2D eigenvalue weighted by atomic mass is 10.2. The van der Waals surface area contributed by atoms with Crippen LogP contribution in [0.1, 0.15) is 16.1 Å². The van der Waals surface area contributed by atoms with Crippen LogP contribution < -0.4 is 10.2 Å². The number of hydrogen-bond acceptors (Lipinski definition) is 7. The van der Waals surface area contributed by atoms with Crippen molar-refractivity contribution in [1.29, 1.82) is 0 Å². The number of rotatable bonds is 5. The highest BCUT2D eigenvalue weighted by molar-refractivity contribution is 7.88. The van der Waals surface area contributed by atoms with Gasteiger partial charge in [-0.2, -0.15) is 4.31 Å². The molecule has 0 bridgehead atoms. The first-order chi connectivity index (χ1) is 11.2. The number of aryl methyl sites for hydroxylation is 1. The van der Waals surface area contributed by atoms with Crippen LogP contribution in [0.2, 0.25) is 0 Å². The number of amides is 1. The molecule has 1 saturated heterocycles. The molecule has 1 amide bonds. The van der Waals surface area contributed by atoms with Crippen molar-refractivity contribution in [1.82, 2.24) is 19.6 Å². The Kier molecular flexibility index (Phi) is 5.73. The van der Waals surface area contributed by atoms with Crippen molar-refractivity contribution in [3.05, 3.63) is 17.5 Å². The maximum atomic E-state index is 12.3. The lowest BCUT2D eigenvalue weighted by Gasteiger charge is -2.31. The van der Waals surface area contributed by atoms with E-state index in [2.05, 4.69) is 15.3 Å². The van der Waals surface area contributed by atoms with Crippen LogP contribution in [0.3, 0.4) is 0 Å². The normalized spacial score (nSPS) is 19.1. The lowest BCUT2D eigenvalue weighted by Crippen LogP contribution is -2.49. The smallest absolute Gasteiger partial charge is 0.254 e. The number of carbonyl (C=O) groups is 1.